The van der Waals surface area contributed by atoms with Gasteiger partial charge >= 0.3 is 6.09 Å². The van der Waals surface area contributed by atoms with Crippen LogP contribution in [-0.2, 0) is 4.74 Å². The molecule has 2 N–H and O–H groups in total. The van der Waals surface area contributed by atoms with Crippen LogP contribution < -0.4 is 10.6 Å². The van der Waals surface area contributed by atoms with Gasteiger partial charge < -0.3 is 10.1 Å². The normalized spacial score (nSPS) is 17.8. The van der Waals surface area contributed by atoms with Crippen LogP contribution in [0, 0.1) is 0 Å². The molecule has 1 aliphatic rings. The van der Waals surface area contributed by atoms with E-state index < -0.39 is 6.09 Å². The Morgan fingerprint density at radius 2 is 1.96 bits per heavy atom. The number of carbonyl (C=O) groups is 2. The first-order chi connectivity index (χ1) is 13.5. The van der Waals surface area contributed by atoms with Crippen LogP contribution in [0.15, 0.2) is 48.5 Å². The third kappa shape index (κ3) is 4.82. The number of hydrogen-bond donors (Lipinski definition) is 2. The van der Waals surface area contributed by atoms with Crippen LogP contribution >= 0.6 is 11.6 Å². The average Bonchev–Trinajstić information content (AvgIpc) is 3.18. The lowest BCUT2D eigenvalue weighted by atomic mass is 10.0. The van der Waals surface area contributed by atoms with Crippen LogP contribution in [0.4, 0.5) is 10.5 Å². The fourth-order valence-corrected chi connectivity index (χ4v) is 3.69. The van der Waals surface area contributed by atoms with Gasteiger partial charge in [0.05, 0.1) is 13.3 Å². The highest BCUT2D eigenvalue weighted by molar-refractivity contribution is 6.30. The molecule has 2 amide bonds. The summed E-state index contributed by atoms with van der Waals surface area (Å²) in [7, 11) is 1.34. The Kier molecular flexibility index (Phi) is 6.54. The van der Waals surface area contributed by atoms with Crippen molar-refractivity contribution in [3.8, 4) is 0 Å². The van der Waals surface area contributed by atoms with Crippen LogP contribution in [-0.4, -0.2) is 36.7 Å². The Bertz CT molecular complexity index is 841. The molecule has 2 atom stereocenters. The number of methoxy groups -OCH3 is 1. The largest absolute Gasteiger partial charge is 0.453 e. The van der Waals surface area contributed by atoms with Crippen molar-refractivity contribution in [1.29, 1.82) is 0 Å². The summed E-state index contributed by atoms with van der Waals surface area (Å²) in [6.07, 6.45) is 1.40. The summed E-state index contributed by atoms with van der Waals surface area (Å²) in [6.45, 7) is 2.88. The molecule has 0 aliphatic carbocycles. The number of carbonyl (C=O) groups excluding carboxylic acids is 2. The molecule has 3 rings (SSSR count). The number of anilines is 1. The third-order valence-electron chi connectivity index (χ3n) is 4.94. The highest BCUT2D eigenvalue weighted by Crippen LogP contribution is 2.34. The molecule has 2 unspecified atom stereocenters. The molecule has 0 aromatic heterocycles. The number of rotatable bonds is 5. The third-order valence-corrected chi connectivity index (χ3v) is 5.19. The quantitative estimate of drug-likeness (QED) is 0.777. The lowest BCUT2D eigenvalue weighted by Gasteiger charge is -2.31. The molecule has 2 aromatic carbocycles. The Morgan fingerprint density at radius 1 is 1.21 bits per heavy atom. The Morgan fingerprint density at radius 3 is 2.68 bits per heavy atom. The van der Waals surface area contributed by atoms with E-state index in [0.717, 1.165) is 24.9 Å². The second-order valence-corrected chi connectivity index (χ2v) is 7.23. The SMILES string of the molecule is COC(=O)Nc1cccc(C2CCCN2C(C)NC(=O)c2ccc(Cl)cc2)c1. The molecule has 0 bridgehead atoms. The van der Waals surface area contributed by atoms with Gasteiger partial charge in [-0.25, -0.2) is 4.79 Å². The maximum atomic E-state index is 12.5. The van der Waals surface area contributed by atoms with Crippen molar-refractivity contribution in [2.75, 3.05) is 19.0 Å². The molecule has 7 heteroatoms. The molecule has 28 heavy (non-hydrogen) atoms. The van der Waals surface area contributed by atoms with Crippen molar-refractivity contribution in [2.45, 2.75) is 32.0 Å². The minimum Gasteiger partial charge on any atom is -0.453 e. The van der Waals surface area contributed by atoms with Gasteiger partial charge in [0.15, 0.2) is 0 Å². The molecule has 1 fully saturated rings. The Balaban J connectivity index is 1.70. The zero-order valence-electron chi connectivity index (χ0n) is 15.9. The highest BCUT2D eigenvalue weighted by atomic mass is 35.5. The number of nitrogens with one attached hydrogen (secondary N) is 2. The fourth-order valence-electron chi connectivity index (χ4n) is 3.56. The number of benzene rings is 2. The summed E-state index contributed by atoms with van der Waals surface area (Å²) in [5.41, 5.74) is 2.37. The van der Waals surface area contributed by atoms with Crippen LogP contribution in [0.3, 0.4) is 0 Å². The van der Waals surface area contributed by atoms with E-state index in [-0.39, 0.29) is 18.1 Å². The number of hydrogen-bond acceptors (Lipinski definition) is 4. The summed E-state index contributed by atoms with van der Waals surface area (Å²) >= 11 is 5.89. The molecule has 2 aromatic rings. The Hall–Kier alpha value is -2.57. The Labute approximate surface area is 169 Å². The smallest absolute Gasteiger partial charge is 0.411 e. The maximum Gasteiger partial charge on any atom is 0.411 e. The predicted octanol–water partition coefficient (Wildman–Crippen LogP) is 4.43. The second-order valence-electron chi connectivity index (χ2n) is 6.79. The van der Waals surface area contributed by atoms with Crippen molar-refractivity contribution in [1.82, 2.24) is 10.2 Å². The van der Waals surface area contributed by atoms with Crippen molar-refractivity contribution >= 4 is 29.3 Å². The topological polar surface area (TPSA) is 70.7 Å². The monoisotopic (exact) mass is 401 g/mol. The van der Waals surface area contributed by atoms with E-state index in [2.05, 4.69) is 20.3 Å². The van der Waals surface area contributed by atoms with E-state index in [4.69, 9.17) is 11.6 Å². The van der Waals surface area contributed by atoms with Crippen LogP contribution in [0.2, 0.25) is 5.02 Å². The molecule has 0 saturated carbocycles. The van der Waals surface area contributed by atoms with Crippen molar-refractivity contribution in [3.63, 3.8) is 0 Å². The predicted molar refractivity (Wildman–Crippen MR) is 110 cm³/mol. The van der Waals surface area contributed by atoms with Crippen LogP contribution in [0.25, 0.3) is 0 Å². The van der Waals surface area contributed by atoms with Crippen LogP contribution in [0.1, 0.15) is 41.7 Å². The van der Waals surface area contributed by atoms with E-state index in [0.29, 0.717) is 16.3 Å². The zero-order chi connectivity index (χ0) is 20.1. The number of nitrogens with zero attached hydrogens (tertiary/aromatic N) is 1. The van der Waals surface area contributed by atoms with E-state index >= 15 is 0 Å². The average molecular weight is 402 g/mol. The number of amides is 2. The van der Waals surface area contributed by atoms with Gasteiger partial charge in [-0.1, -0.05) is 23.7 Å². The second kappa shape index (κ2) is 9.08. The maximum absolute atomic E-state index is 12.5. The zero-order valence-corrected chi connectivity index (χ0v) is 16.7. The number of ether oxygens (including phenoxy) is 1. The molecule has 1 heterocycles. The van der Waals surface area contributed by atoms with Crippen molar-refractivity contribution in [2.24, 2.45) is 0 Å². The number of halogens is 1. The molecule has 0 radical (unpaired) electrons. The standard InChI is InChI=1S/C21H24ClN3O3/c1-14(23-20(26)15-8-10-17(22)11-9-15)25-12-4-7-19(25)16-5-3-6-18(13-16)24-21(27)28-2/h3,5-6,8-11,13-14,19H,4,7,12H2,1-2H3,(H,23,26)(H,24,27). The van der Waals surface area contributed by atoms with Crippen molar-refractivity contribution < 1.29 is 14.3 Å². The highest BCUT2D eigenvalue weighted by Gasteiger charge is 2.30. The minimum absolute atomic E-state index is 0.129. The fraction of sp³-hybridized carbons (Fsp3) is 0.333. The lowest BCUT2D eigenvalue weighted by molar-refractivity contribution is 0.0849. The molecule has 148 valence electrons. The first-order valence-electron chi connectivity index (χ1n) is 9.25. The van der Waals surface area contributed by atoms with Gasteiger partial charge in [0.25, 0.3) is 5.91 Å². The van der Waals surface area contributed by atoms with Gasteiger partial charge in [0.1, 0.15) is 0 Å². The minimum atomic E-state index is -0.496. The van der Waals surface area contributed by atoms with Gasteiger partial charge in [0, 0.05) is 28.9 Å². The summed E-state index contributed by atoms with van der Waals surface area (Å²) in [5, 5.41) is 6.37. The van der Waals surface area contributed by atoms with E-state index in [1.807, 2.05) is 31.2 Å². The summed E-state index contributed by atoms with van der Waals surface area (Å²) in [5.74, 6) is -0.129. The summed E-state index contributed by atoms with van der Waals surface area (Å²) in [6, 6.07) is 14.7. The van der Waals surface area contributed by atoms with Gasteiger partial charge in [-0.15, -0.1) is 0 Å². The molecular weight excluding hydrogens is 378 g/mol. The molecular formula is C21H24ClN3O3. The van der Waals surface area contributed by atoms with Crippen molar-refractivity contribution in [3.05, 3.63) is 64.7 Å². The summed E-state index contributed by atoms with van der Waals surface area (Å²) < 4.78 is 4.66. The molecule has 0 spiro atoms. The first kappa shape index (κ1) is 20.2. The molecule has 1 saturated heterocycles. The van der Waals surface area contributed by atoms with E-state index in [9.17, 15) is 9.59 Å². The van der Waals surface area contributed by atoms with Gasteiger partial charge in [-0.05, 0) is 61.7 Å². The molecule has 6 nitrogen and oxygen atoms in total. The number of likely N-dealkylation sites (tertiary alicyclic amines) is 1. The van der Waals surface area contributed by atoms with Gasteiger partial charge in [-0.2, -0.15) is 0 Å². The summed E-state index contributed by atoms with van der Waals surface area (Å²) in [4.78, 5) is 26.3. The van der Waals surface area contributed by atoms with Gasteiger partial charge in [0.2, 0.25) is 0 Å². The molecule has 1 aliphatic heterocycles. The first-order valence-corrected chi connectivity index (χ1v) is 9.63. The van der Waals surface area contributed by atoms with Crippen LogP contribution in [0.5, 0.6) is 0 Å². The van der Waals surface area contributed by atoms with E-state index in [1.165, 1.54) is 7.11 Å². The van der Waals surface area contributed by atoms with E-state index in [1.54, 1.807) is 24.3 Å². The lowest BCUT2D eigenvalue weighted by Crippen LogP contribution is -2.45. The van der Waals surface area contributed by atoms with Gasteiger partial charge in [-0.3, -0.25) is 15.0 Å².